The summed E-state index contributed by atoms with van der Waals surface area (Å²) in [5.41, 5.74) is 1.72. The van der Waals surface area contributed by atoms with Gasteiger partial charge in [-0.05, 0) is 18.9 Å². The van der Waals surface area contributed by atoms with Crippen LogP contribution in [0.4, 0.5) is 0 Å². The van der Waals surface area contributed by atoms with Gasteiger partial charge in [0.1, 0.15) is 0 Å². The van der Waals surface area contributed by atoms with E-state index >= 15 is 0 Å². The molecule has 0 spiro atoms. The first-order chi connectivity index (χ1) is 7.57. The Morgan fingerprint density at radius 1 is 1.50 bits per heavy atom. The van der Waals surface area contributed by atoms with E-state index in [0.29, 0.717) is 29.1 Å². The topological polar surface area (TPSA) is 58.6 Å². The van der Waals surface area contributed by atoms with Crippen LogP contribution in [-0.4, -0.2) is 24.7 Å². The van der Waals surface area contributed by atoms with Gasteiger partial charge < -0.3 is 15.2 Å². The van der Waals surface area contributed by atoms with Crippen LogP contribution in [0.25, 0.3) is 0 Å². The van der Waals surface area contributed by atoms with Crippen LogP contribution in [0.5, 0.6) is 11.5 Å². The molecule has 0 aromatic heterocycles. The molecule has 0 radical (unpaired) electrons. The minimum Gasteiger partial charge on any atom is -0.504 e. The summed E-state index contributed by atoms with van der Waals surface area (Å²) in [6.45, 7) is 2.23. The quantitative estimate of drug-likeness (QED) is 0.786. The van der Waals surface area contributed by atoms with Crippen molar-refractivity contribution in [1.29, 1.82) is 0 Å². The molecule has 0 unspecified atom stereocenters. The van der Waals surface area contributed by atoms with Crippen molar-refractivity contribution in [2.24, 2.45) is 0 Å². The van der Waals surface area contributed by atoms with E-state index in [0.717, 1.165) is 5.56 Å². The number of rotatable bonds is 1. The number of hydrogen-bond donors (Lipinski definition) is 2. The lowest BCUT2D eigenvalue weighted by Gasteiger charge is -2.22. The van der Waals surface area contributed by atoms with Gasteiger partial charge in [0, 0.05) is 12.1 Å². The van der Waals surface area contributed by atoms with Crippen LogP contribution in [0.1, 0.15) is 21.5 Å². The summed E-state index contributed by atoms with van der Waals surface area (Å²) in [5, 5.41) is 12.9. The Kier molecular flexibility index (Phi) is 2.68. The van der Waals surface area contributed by atoms with Crippen molar-refractivity contribution >= 4 is 17.5 Å². The summed E-state index contributed by atoms with van der Waals surface area (Å²) in [6.07, 6.45) is 0.650. The third-order valence-corrected chi connectivity index (χ3v) is 3.20. The fourth-order valence-electron chi connectivity index (χ4n) is 1.98. The fraction of sp³-hybridized carbons (Fsp3) is 0.364. The second kappa shape index (κ2) is 3.87. The van der Waals surface area contributed by atoms with E-state index in [-0.39, 0.29) is 17.4 Å². The number of phenols is 1. The molecule has 2 N–H and O–H groups in total. The molecule has 0 saturated heterocycles. The first-order valence-electron chi connectivity index (χ1n) is 4.94. The summed E-state index contributed by atoms with van der Waals surface area (Å²) < 4.78 is 5.04. The zero-order valence-electron chi connectivity index (χ0n) is 9.06. The van der Waals surface area contributed by atoms with E-state index in [1.165, 1.54) is 7.11 Å². The zero-order valence-corrected chi connectivity index (χ0v) is 9.81. The van der Waals surface area contributed by atoms with E-state index in [1.54, 1.807) is 6.92 Å². The second-order valence-corrected chi connectivity index (χ2v) is 4.06. The Hall–Kier alpha value is -1.42. The Morgan fingerprint density at radius 3 is 2.81 bits per heavy atom. The Balaban J connectivity index is 2.78. The Labute approximate surface area is 98.2 Å². The SMILES string of the molecule is COc1c(O)c(C)c2c(c1Cl)CCNC2=O. The fourth-order valence-corrected chi connectivity index (χ4v) is 2.34. The third kappa shape index (κ3) is 1.41. The number of halogens is 1. The highest BCUT2D eigenvalue weighted by atomic mass is 35.5. The Morgan fingerprint density at radius 2 is 2.19 bits per heavy atom. The van der Waals surface area contributed by atoms with Gasteiger partial charge in [-0.15, -0.1) is 0 Å². The van der Waals surface area contributed by atoms with Crippen molar-refractivity contribution in [2.75, 3.05) is 13.7 Å². The monoisotopic (exact) mass is 241 g/mol. The molecule has 4 nitrogen and oxygen atoms in total. The molecule has 1 aromatic rings. The molecule has 1 heterocycles. The molecule has 0 bridgehead atoms. The molecule has 5 heteroatoms. The normalized spacial score (nSPS) is 14.3. The van der Waals surface area contributed by atoms with Gasteiger partial charge in [0.25, 0.3) is 5.91 Å². The summed E-state index contributed by atoms with van der Waals surface area (Å²) in [6, 6.07) is 0. The summed E-state index contributed by atoms with van der Waals surface area (Å²) in [5.74, 6) is -0.0190. The van der Waals surface area contributed by atoms with Gasteiger partial charge in [-0.1, -0.05) is 11.6 Å². The highest BCUT2D eigenvalue weighted by Gasteiger charge is 2.27. The third-order valence-electron chi connectivity index (χ3n) is 2.80. The smallest absolute Gasteiger partial charge is 0.252 e. The van der Waals surface area contributed by atoms with Gasteiger partial charge >= 0.3 is 0 Å². The molecule has 1 aliphatic rings. The van der Waals surface area contributed by atoms with Gasteiger partial charge in [-0.2, -0.15) is 0 Å². The van der Waals surface area contributed by atoms with E-state index < -0.39 is 0 Å². The molecule has 0 aliphatic carbocycles. The number of amides is 1. The van der Waals surface area contributed by atoms with Gasteiger partial charge in [-0.3, -0.25) is 4.79 Å². The minimum absolute atomic E-state index is 0.0664. The molecular formula is C11H12ClNO3. The summed E-state index contributed by atoms with van der Waals surface area (Å²) >= 11 is 6.10. The van der Waals surface area contributed by atoms with Crippen LogP contribution < -0.4 is 10.1 Å². The first kappa shape index (κ1) is 11.1. The number of ether oxygens (including phenoxy) is 1. The molecule has 1 amide bonds. The number of fused-ring (bicyclic) bond motifs is 1. The average molecular weight is 242 g/mol. The number of carbonyl (C=O) groups excluding carboxylic acids is 1. The summed E-state index contributed by atoms with van der Waals surface area (Å²) in [4.78, 5) is 11.7. The molecule has 16 heavy (non-hydrogen) atoms. The largest absolute Gasteiger partial charge is 0.504 e. The van der Waals surface area contributed by atoms with Gasteiger partial charge in [0.2, 0.25) is 0 Å². The first-order valence-corrected chi connectivity index (χ1v) is 5.31. The minimum atomic E-state index is -0.196. The Bertz CT molecular complexity index is 471. The van der Waals surface area contributed by atoms with Crippen molar-refractivity contribution in [3.05, 3.63) is 21.7 Å². The van der Waals surface area contributed by atoms with Crippen molar-refractivity contribution in [1.82, 2.24) is 5.32 Å². The highest BCUT2D eigenvalue weighted by molar-refractivity contribution is 6.34. The predicted octanol–water partition coefficient (Wildman–Crippen LogP) is 1.65. The van der Waals surface area contributed by atoms with E-state index in [1.807, 2.05) is 0 Å². The maximum absolute atomic E-state index is 11.7. The lowest BCUT2D eigenvalue weighted by Crippen LogP contribution is -2.32. The van der Waals surface area contributed by atoms with E-state index in [9.17, 15) is 9.90 Å². The van der Waals surface area contributed by atoms with Crippen molar-refractivity contribution in [2.45, 2.75) is 13.3 Å². The lowest BCUT2D eigenvalue weighted by molar-refractivity contribution is 0.0944. The van der Waals surface area contributed by atoms with Crippen LogP contribution in [-0.2, 0) is 6.42 Å². The molecule has 0 atom stereocenters. The van der Waals surface area contributed by atoms with Crippen LogP contribution in [0.3, 0.4) is 0 Å². The van der Waals surface area contributed by atoms with Crippen molar-refractivity contribution in [3.63, 3.8) is 0 Å². The van der Waals surface area contributed by atoms with Crippen LogP contribution in [0, 0.1) is 6.92 Å². The van der Waals surface area contributed by atoms with Crippen LogP contribution in [0.2, 0.25) is 5.02 Å². The molecular weight excluding hydrogens is 230 g/mol. The van der Waals surface area contributed by atoms with Crippen LogP contribution in [0.15, 0.2) is 0 Å². The number of phenolic OH excluding ortho intramolecular Hbond substituents is 1. The molecule has 1 aliphatic heterocycles. The molecule has 0 saturated carbocycles. The molecule has 0 fully saturated rings. The number of methoxy groups -OCH3 is 1. The van der Waals surface area contributed by atoms with Gasteiger partial charge in [-0.25, -0.2) is 0 Å². The van der Waals surface area contributed by atoms with Crippen molar-refractivity contribution in [3.8, 4) is 11.5 Å². The van der Waals surface area contributed by atoms with Crippen molar-refractivity contribution < 1.29 is 14.6 Å². The van der Waals surface area contributed by atoms with Crippen LogP contribution >= 0.6 is 11.6 Å². The molecule has 1 aromatic carbocycles. The molecule has 86 valence electrons. The second-order valence-electron chi connectivity index (χ2n) is 3.68. The number of nitrogens with one attached hydrogen (secondary N) is 1. The number of aromatic hydroxyl groups is 1. The zero-order chi connectivity index (χ0) is 11.9. The highest BCUT2D eigenvalue weighted by Crippen LogP contribution is 2.42. The van der Waals surface area contributed by atoms with E-state index in [2.05, 4.69) is 5.32 Å². The predicted molar refractivity (Wildman–Crippen MR) is 60.4 cm³/mol. The maximum atomic E-state index is 11.7. The van der Waals surface area contributed by atoms with Gasteiger partial charge in [0.15, 0.2) is 11.5 Å². The van der Waals surface area contributed by atoms with Gasteiger partial charge in [0.05, 0.1) is 17.7 Å². The number of benzene rings is 1. The molecule has 2 rings (SSSR count). The number of carbonyl (C=O) groups is 1. The average Bonchev–Trinajstić information content (AvgIpc) is 2.27. The number of hydrogen-bond acceptors (Lipinski definition) is 3. The summed E-state index contributed by atoms with van der Waals surface area (Å²) in [7, 11) is 1.44. The standard InChI is InChI=1S/C11H12ClNO3/c1-5-7-6(3-4-13-11(7)15)8(12)10(16-2)9(5)14/h14H,3-4H2,1-2H3,(H,13,15). The lowest BCUT2D eigenvalue weighted by atomic mass is 9.94. The maximum Gasteiger partial charge on any atom is 0.252 e. The van der Waals surface area contributed by atoms with E-state index in [4.69, 9.17) is 16.3 Å².